The van der Waals surface area contributed by atoms with Crippen molar-refractivity contribution in [2.45, 2.75) is 184 Å². The molecule has 0 bridgehead atoms. The van der Waals surface area contributed by atoms with Crippen LogP contribution in [0.2, 0.25) is 20.1 Å². The maximum atomic E-state index is 13.3. The Kier molecular flexibility index (Phi) is 27.3. The minimum absolute atomic E-state index is 0.0256. The molecule has 2 saturated heterocycles. The largest absolute Gasteiger partial charge is 0.755 e. The summed E-state index contributed by atoms with van der Waals surface area (Å²) < 4.78 is 69.1. The molecule has 4 aromatic carbocycles. The molecule has 0 aromatic heterocycles. The highest BCUT2D eigenvalue weighted by atomic mass is 35.5. The van der Waals surface area contributed by atoms with E-state index in [4.69, 9.17) is 67.3 Å². The van der Waals surface area contributed by atoms with Crippen molar-refractivity contribution >= 4 is 85.4 Å². The minimum atomic E-state index is -3.72. The lowest BCUT2D eigenvalue weighted by molar-refractivity contribution is 0.0589. The highest BCUT2D eigenvalue weighted by Crippen LogP contribution is 2.46. The van der Waals surface area contributed by atoms with Crippen LogP contribution in [-0.2, 0) is 34.1 Å². The van der Waals surface area contributed by atoms with E-state index >= 15 is 0 Å². The smallest absolute Gasteiger partial charge is 0.314 e. The molecule has 486 valence electrons. The van der Waals surface area contributed by atoms with Crippen molar-refractivity contribution in [3.05, 3.63) is 114 Å². The number of nitrogens with one attached hydrogen (secondary N) is 5. The number of carbonyl (C=O) groups excluding carboxylic acids is 2. The first-order valence-electron chi connectivity index (χ1n) is 31.7. The summed E-state index contributed by atoms with van der Waals surface area (Å²) in [5.74, 6) is 1.28. The molecular formula is C64H91Cl4N10O8S2-. The molecule has 2 heterocycles. The van der Waals surface area contributed by atoms with E-state index in [9.17, 15) is 26.8 Å². The molecule has 0 spiro atoms. The Labute approximate surface area is 544 Å². The lowest BCUT2D eigenvalue weighted by atomic mass is 10.0. The lowest BCUT2D eigenvalue weighted by Gasteiger charge is -2.38. The summed E-state index contributed by atoms with van der Waals surface area (Å²) in [4.78, 5) is 29.6. The van der Waals surface area contributed by atoms with Crippen molar-refractivity contribution in [2.75, 3.05) is 69.8 Å². The topological polar surface area (TPSA) is 249 Å². The maximum Gasteiger partial charge on any atom is 0.314 e. The van der Waals surface area contributed by atoms with Crippen molar-refractivity contribution in [3.63, 3.8) is 0 Å². The molecule has 24 heteroatoms. The zero-order valence-corrected chi connectivity index (χ0v) is 55.7. The number of ether oxygens (including phenoxy) is 2. The quantitative estimate of drug-likeness (QED) is 0.0174. The molecule has 18 nitrogen and oxygen atoms in total. The Morgan fingerprint density at radius 2 is 1.02 bits per heavy atom. The fourth-order valence-electron chi connectivity index (χ4n) is 12.8. The predicted molar refractivity (Wildman–Crippen MR) is 353 cm³/mol. The van der Waals surface area contributed by atoms with Gasteiger partial charge in [-0.05, 0) is 187 Å². The number of hydrogen-bond acceptors (Lipinski definition) is 12. The number of rotatable bonds is 33. The van der Waals surface area contributed by atoms with Gasteiger partial charge in [-0.1, -0.05) is 97.8 Å². The molecule has 2 aliphatic carbocycles. The summed E-state index contributed by atoms with van der Waals surface area (Å²) in [6, 6.07) is 17.8. The van der Waals surface area contributed by atoms with E-state index in [1.54, 1.807) is 36.4 Å². The van der Waals surface area contributed by atoms with Gasteiger partial charge in [-0.25, -0.2) is 22.7 Å². The van der Waals surface area contributed by atoms with Crippen molar-refractivity contribution in [1.82, 2.24) is 35.8 Å². The van der Waals surface area contributed by atoms with Gasteiger partial charge in [0.1, 0.15) is 23.7 Å². The molecule has 4 amide bonds. The summed E-state index contributed by atoms with van der Waals surface area (Å²) in [6.07, 6.45) is 17.0. The van der Waals surface area contributed by atoms with Gasteiger partial charge in [0.2, 0.25) is 10.0 Å². The number of benzene rings is 4. The zero-order valence-electron chi connectivity index (χ0n) is 51.0. The number of amides is 4. The minimum Gasteiger partial charge on any atom is -0.755 e. The van der Waals surface area contributed by atoms with E-state index in [0.29, 0.717) is 88.5 Å². The van der Waals surface area contributed by atoms with Crippen molar-refractivity contribution in [1.29, 1.82) is 0 Å². The number of hydrogen-bond donors (Lipinski definition) is 7. The Morgan fingerprint density at radius 3 is 1.47 bits per heavy atom. The summed E-state index contributed by atoms with van der Waals surface area (Å²) >= 11 is 23.9. The Bertz CT molecular complexity index is 3100. The second-order valence-corrected chi connectivity index (χ2v) is 28.6. The zero-order chi connectivity index (χ0) is 62.7. The standard InChI is InChI=1S/C64H92Cl4N10O8S2/c1-43-33-49(21-23-59(43)85-61-53-35-45(65)37-55(67)51(53)39-57(61)76-30-17-19-47(69)41-76)78(87(81)82)32-16-10-6-5-8-12-26-72-64(80)74-28-15-14-27-73-63(79)71-25-11-7-3-4-9-13-29-75-88(83,84)50-22-24-60(44(2)34-50)86-62-54-36-46(66)38-56(68)52(54)40-58(62)77-31-18-20-48(70)42-77/h21-24,33-38,47-48,57-58,61-62,75H,3-20,25-32,39-42,69-70H2,1-2H3,(H,81,82)(H2,71,73,79)(H2,72,74,80)/p-1/t47-,48-,57+,58+,61+,62+/m1/s1. The molecule has 2 fully saturated rings. The number of sulfonamides is 1. The third-order valence-corrected chi connectivity index (χ3v) is 20.8. The predicted octanol–water partition coefficient (Wildman–Crippen LogP) is 11.5. The average Bonchev–Trinajstić information content (AvgIpc) is 4.16. The van der Waals surface area contributed by atoms with Gasteiger partial charge in [0.15, 0.2) is 0 Å². The molecule has 4 aromatic rings. The van der Waals surface area contributed by atoms with Gasteiger partial charge >= 0.3 is 12.1 Å². The maximum absolute atomic E-state index is 13.3. The van der Waals surface area contributed by atoms with E-state index in [-0.39, 0.29) is 53.3 Å². The number of aryl methyl sites for hydroxylation is 2. The normalized spacial score (nSPS) is 20.7. The van der Waals surface area contributed by atoms with Crippen LogP contribution in [-0.4, -0.2) is 129 Å². The van der Waals surface area contributed by atoms with Gasteiger partial charge in [-0.15, -0.1) is 0 Å². The average molecular weight is 1330 g/mol. The molecule has 88 heavy (non-hydrogen) atoms. The number of anilines is 1. The van der Waals surface area contributed by atoms with Crippen LogP contribution in [0.5, 0.6) is 11.5 Å². The van der Waals surface area contributed by atoms with Crippen LogP contribution in [0.3, 0.4) is 0 Å². The molecule has 0 saturated carbocycles. The molecular weight excluding hydrogens is 1240 g/mol. The number of unbranched alkanes of at least 4 members (excludes halogenated alkanes) is 11. The summed E-state index contributed by atoms with van der Waals surface area (Å²) in [5, 5.41) is 13.9. The first-order valence-corrected chi connectivity index (χ1v) is 35.8. The molecule has 8 rings (SSSR count). The highest BCUT2D eigenvalue weighted by Gasteiger charge is 2.43. The van der Waals surface area contributed by atoms with Gasteiger partial charge in [0.05, 0.1) is 17.0 Å². The third kappa shape index (κ3) is 20.2. The van der Waals surface area contributed by atoms with Crippen LogP contribution < -0.4 is 51.2 Å². The number of urea groups is 2. The monoisotopic (exact) mass is 1330 g/mol. The number of fused-ring (bicyclic) bond motifs is 2. The van der Waals surface area contributed by atoms with Gasteiger partial charge in [0, 0.05) is 113 Å². The van der Waals surface area contributed by atoms with Crippen molar-refractivity contribution in [3.8, 4) is 11.5 Å². The van der Waals surface area contributed by atoms with Gasteiger partial charge in [-0.2, -0.15) is 0 Å². The van der Waals surface area contributed by atoms with Crippen LogP contribution in [0.25, 0.3) is 0 Å². The van der Waals surface area contributed by atoms with Crippen molar-refractivity contribution in [2.24, 2.45) is 11.5 Å². The number of likely N-dealkylation sites (tertiary alicyclic amines) is 2. The third-order valence-electron chi connectivity index (χ3n) is 17.5. The van der Waals surface area contributed by atoms with Crippen LogP contribution in [0.15, 0.2) is 65.6 Å². The number of nitrogens with zero attached hydrogens (tertiary/aromatic N) is 3. The Hall–Kier alpha value is -4.16. The second kappa shape index (κ2) is 34.5. The van der Waals surface area contributed by atoms with E-state index in [1.165, 1.54) is 4.31 Å². The Morgan fingerprint density at radius 1 is 0.602 bits per heavy atom. The molecule has 0 radical (unpaired) electrons. The van der Waals surface area contributed by atoms with Crippen LogP contribution in [0, 0.1) is 13.8 Å². The SMILES string of the molecule is Cc1cc(N(CCCCCCCCNC(=O)NCCCCNC(=O)NCCCCCCCCNS(=O)(=O)c2ccc(O[C@H]3c4cc(Cl)cc(Cl)c4C[C@@H]3N3CCC[C@@H](N)C3)c(C)c2)S(=O)[O-])ccc1O[C@H]1c2cc(Cl)cc(Cl)c2C[C@@H]1N1CCC[C@@H](N)C1. The summed E-state index contributed by atoms with van der Waals surface area (Å²) in [6.45, 7) is 10.1. The second-order valence-electron chi connectivity index (χ2n) is 24.2. The van der Waals surface area contributed by atoms with Crippen LogP contribution in [0.1, 0.15) is 161 Å². The number of halogens is 4. The van der Waals surface area contributed by atoms with E-state index in [0.717, 1.165) is 176 Å². The molecule has 4 aliphatic rings. The van der Waals surface area contributed by atoms with E-state index in [2.05, 4.69) is 35.8 Å². The summed E-state index contributed by atoms with van der Waals surface area (Å²) in [5.41, 5.74) is 18.9. The number of carbonyl (C=O) groups is 2. The lowest BCUT2D eigenvalue weighted by Crippen LogP contribution is -2.49. The first-order chi connectivity index (χ1) is 42.3. The fraction of sp³-hybridized carbons (Fsp3) is 0.594. The number of piperidine rings is 2. The molecule has 1 unspecified atom stereocenters. The van der Waals surface area contributed by atoms with Crippen LogP contribution in [0.4, 0.5) is 15.3 Å². The Balaban J connectivity index is 0.603. The van der Waals surface area contributed by atoms with E-state index < -0.39 is 21.3 Å². The van der Waals surface area contributed by atoms with Crippen LogP contribution >= 0.6 is 46.4 Å². The van der Waals surface area contributed by atoms with Gasteiger partial charge < -0.3 is 51.1 Å². The van der Waals surface area contributed by atoms with Crippen molar-refractivity contribution < 1.29 is 36.2 Å². The number of nitrogens with two attached hydrogens (primary N) is 2. The highest BCUT2D eigenvalue weighted by molar-refractivity contribution is 7.89. The first kappa shape index (κ1) is 69.7. The summed E-state index contributed by atoms with van der Waals surface area (Å²) in [7, 11) is -3.72. The molecule has 7 atom stereocenters. The van der Waals surface area contributed by atoms with Gasteiger partial charge in [-0.3, -0.25) is 14.0 Å². The fourth-order valence-corrected chi connectivity index (χ4v) is 15.7. The van der Waals surface area contributed by atoms with E-state index in [1.807, 2.05) is 38.1 Å². The van der Waals surface area contributed by atoms with Gasteiger partial charge in [0.25, 0.3) is 0 Å². The molecule has 2 aliphatic heterocycles. The molecule has 9 N–H and O–H groups in total.